The zero-order valence-corrected chi connectivity index (χ0v) is 12.9. The Morgan fingerprint density at radius 1 is 1.04 bits per heavy atom. The van der Waals surface area contributed by atoms with E-state index in [-0.39, 0.29) is 11.3 Å². The summed E-state index contributed by atoms with van der Waals surface area (Å²) in [6.45, 7) is 3.84. The minimum absolute atomic E-state index is 0.145. The van der Waals surface area contributed by atoms with E-state index in [2.05, 4.69) is 10.1 Å². The monoisotopic (exact) mass is 307 g/mol. The van der Waals surface area contributed by atoms with Gasteiger partial charge in [0.25, 0.3) is 5.56 Å². The van der Waals surface area contributed by atoms with Crippen molar-refractivity contribution in [2.24, 2.45) is 4.99 Å². The van der Waals surface area contributed by atoms with Crippen LogP contribution in [0.1, 0.15) is 16.8 Å². The number of phenols is 1. The summed E-state index contributed by atoms with van der Waals surface area (Å²) in [5.41, 5.74) is 3.71. The first-order valence-corrected chi connectivity index (χ1v) is 7.26. The lowest BCUT2D eigenvalue weighted by Gasteiger charge is -2.01. The number of nitrogens with one attached hydrogen (secondary N) is 1. The smallest absolute Gasteiger partial charge is 0.280 e. The molecular formula is C18H17N3O2. The van der Waals surface area contributed by atoms with Crippen LogP contribution in [0.4, 0.5) is 5.69 Å². The van der Waals surface area contributed by atoms with E-state index in [1.54, 1.807) is 30.5 Å². The minimum atomic E-state index is -0.145. The number of aryl methyl sites for hydroxylation is 2. The third-order valence-electron chi connectivity index (χ3n) is 3.60. The average Bonchev–Trinajstić information content (AvgIpc) is 2.82. The van der Waals surface area contributed by atoms with Crippen LogP contribution in [-0.2, 0) is 0 Å². The molecule has 116 valence electrons. The molecule has 0 radical (unpaired) electrons. The molecule has 0 aliphatic rings. The van der Waals surface area contributed by atoms with Crippen LogP contribution in [0.5, 0.6) is 5.75 Å². The molecule has 0 bridgehead atoms. The summed E-state index contributed by atoms with van der Waals surface area (Å²) in [4.78, 5) is 16.8. The number of aromatic nitrogens is 2. The third kappa shape index (κ3) is 3.08. The fourth-order valence-corrected chi connectivity index (χ4v) is 2.27. The lowest BCUT2D eigenvalue weighted by molar-refractivity contribution is 0.475. The highest BCUT2D eigenvalue weighted by Gasteiger charge is 2.10. The van der Waals surface area contributed by atoms with E-state index in [0.29, 0.717) is 11.3 Å². The molecule has 5 heteroatoms. The van der Waals surface area contributed by atoms with E-state index in [4.69, 9.17) is 0 Å². The van der Waals surface area contributed by atoms with Gasteiger partial charge in [-0.1, -0.05) is 17.7 Å². The van der Waals surface area contributed by atoms with Gasteiger partial charge in [-0.3, -0.25) is 14.9 Å². The van der Waals surface area contributed by atoms with Crippen LogP contribution in [-0.4, -0.2) is 21.1 Å². The Morgan fingerprint density at radius 2 is 1.70 bits per heavy atom. The van der Waals surface area contributed by atoms with Crippen LogP contribution < -0.4 is 5.56 Å². The van der Waals surface area contributed by atoms with Gasteiger partial charge in [-0.25, -0.2) is 4.68 Å². The van der Waals surface area contributed by atoms with Gasteiger partial charge in [-0.05, 0) is 50.2 Å². The first-order valence-electron chi connectivity index (χ1n) is 7.26. The maximum Gasteiger partial charge on any atom is 0.280 e. The fourth-order valence-electron chi connectivity index (χ4n) is 2.27. The van der Waals surface area contributed by atoms with E-state index in [1.807, 2.05) is 38.1 Å². The van der Waals surface area contributed by atoms with Gasteiger partial charge in [-0.15, -0.1) is 0 Å². The first kappa shape index (κ1) is 14.8. The van der Waals surface area contributed by atoms with Crippen molar-refractivity contribution in [1.82, 2.24) is 9.78 Å². The van der Waals surface area contributed by atoms with E-state index in [9.17, 15) is 9.90 Å². The average molecular weight is 307 g/mol. The van der Waals surface area contributed by atoms with Crippen molar-refractivity contribution >= 4 is 11.9 Å². The minimum Gasteiger partial charge on any atom is -0.508 e. The second-order valence-corrected chi connectivity index (χ2v) is 5.40. The SMILES string of the molecule is Cc1ccc(-n2[nH]c(C)c(C=Nc3ccc(O)cc3)c2=O)cc1. The van der Waals surface area contributed by atoms with E-state index in [1.165, 1.54) is 4.68 Å². The molecule has 3 rings (SSSR count). The van der Waals surface area contributed by atoms with Gasteiger partial charge in [0, 0.05) is 11.9 Å². The summed E-state index contributed by atoms with van der Waals surface area (Å²) >= 11 is 0. The summed E-state index contributed by atoms with van der Waals surface area (Å²) in [7, 11) is 0. The quantitative estimate of drug-likeness (QED) is 0.729. The number of benzene rings is 2. The Hall–Kier alpha value is -3.08. The molecule has 0 unspecified atom stereocenters. The maximum atomic E-state index is 12.6. The number of hydrogen-bond acceptors (Lipinski definition) is 3. The molecule has 0 spiro atoms. The summed E-state index contributed by atoms with van der Waals surface area (Å²) in [5.74, 6) is 0.184. The lowest BCUT2D eigenvalue weighted by atomic mass is 10.2. The highest BCUT2D eigenvalue weighted by atomic mass is 16.3. The van der Waals surface area contributed by atoms with Crippen LogP contribution in [0.15, 0.2) is 58.3 Å². The fraction of sp³-hybridized carbons (Fsp3) is 0.111. The van der Waals surface area contributed by atoms with Gasteiger partial charge >= 0.3 is 0 Å². The molecule has 2 aromatic carbocycles. The Kier molecular flexibility index (Phi) is 3.85. The second-order valence-electron chi connectivity index (χ2n) is 5.40. The molecule has 0 fully saturated rings. The topological polar surface area (TPSA) is 70.4 Å². The van der Waals surface area contributed by atoms with Crippen molar-refractivity contribution in [2.45, 2.75) is 13.8 Å². The van der Waals surface area contributed by atoms with Gasteiger partial charge in [-0.2, -0.15) is 0 Å². The molecule has 23 heavy (non-hydrogen) atoms. The van der Waals surface area contributed by atoms with Crippen LogP contribution in [0, 0.1) is 13.8 Å². The second kappa shape index (κ2) is 5.96. The van der Waals surface area contributed by atoms with E-state index >= 15 is 0 Å². The molecule has 0 saturated heterocycles. The van der Waals surface area contributed by atoms with Crippen molar-refractivity contribution in [3.63, 3.8) is 0 Å². The summed E-state index contributed by atoms with van der Waals surface area (Å²) in [5, 5.41) is 12.3. The van der Waals surface area contributed by atoms with Crippen molar-refractivity contribution in [2.75, 3.05) is 0 Å². The molecule has 5 nitrogen and oxygen atoms in total. The van der Waals surface area contributed by atoms with Gasteiger partial charge in [0.1, 0.15) is 5.75 Å². The number of phenolic OH excluding ortho intramolecular Hbond substituents is 1. The number of aromatic hydroxyl groups is 1. The standard InChI is InChI=1S/C18H17N3O2/c1-12-3-7-15(8-4-12)21-18(23)17(13(2)20-21)11-19-14-5-9-16(22)10-6-14/h3-11,20,22H,1-2H3. The zero-order chi connectivity index (χ0) is 16.4. The highest BCUT2D eigenvalue weighted by molar-refractivity contribution is 5.83. The van der Waals surface area contributed by atoms with Gasteiger partial charge < -0.3 is 5.11 Å². The number of rotatable bonds is 3. The number of H-pyrrole nitrogens is 1. The van der Waals surface area contributed by atoms with Crippen LogP contribution >= 0.6 is 0 Å². The highest BCUT2D eigenvalue weighted by Crippen LogP contribution is 2.16. The molecule has 2 N–H and O–H groups in total. The molecular weight excluding hydrogens is 290 g/mol. The number of aromatic amines is 1. The van der Waals surface area contributed by atoms with Crippen molar-refractivity contribution in [3.05, 3.63) is 75.7 Å². The van der Waals surface area contributed by atoms with E-state index < -0.39 is 0 Å². The van der Waals surface area contributed by atoms with Gasteiger partial charge in [0.15, 0.2) is 0 Å². The number of hydrogen-bond donors (Lipinski definition) is 2. The summed E-state index contributed by atoms with van der Waals surface area (Å²) in [6, 6.07) is 14.2. The largest absolute Gasteiger partial charge is 0.508 e. The molecule has 0 aliphatic carbocycles. The molecule has 0 amide bonds. The van der Waals surface area contributed by atoms with Crippen LogP contribution in [0.2, 0.25) is 0 Å². The predicted molar refractivity (Wildman–Crippen MR) is 91.2 cm³/mol. The maximum absolute atomic E-state index is 12.6. The Bertz CT molecular complexity index is 901. The number of nitrogens with zero attached hydrogens (tertiary/aromatic N) is 2. The summed E-state index contributed by atoms with van der Waals surface area (Å²) in [6.07, 6.45) is 1.55. The third-order valence-corrected chi connectivity index (χ3v) is 3.60. The normalized spacial score (nSPS) is 11.2. The number of aliphatic imine (C=N–C) groups is 1. The zero-order valence-electron chi connectivity index (χ0n) is 12.9. The van der Waals surface area contributed by atoms with E-state index in [0.717, 1.165) is 16.9 Å². The molecule has 1 aromatic heterocycles. The Morgan fingerprint density at radius 3 is 2.35 bits per heavy atom. The van der Waals surface area contributed by atoms with Gasteiger partial charge in [0.05, 0.1) is 16.9 Å². The Balaban J connectivity index is 1.96. The van der Waals surface area contributed by atoms with Crippen LogP contribution in [0.3, 0.4) is 0 Å². The van der Waals surface area contributed by atoms with Crippen molar-refractivity contribution in [1.29, 1.82) is 0 Å². The molecule has 0 aliphatic heterocycles. The molecule has 0 saturated carbocycles. The molecule has 0 atom stereocenters. The molecule has 3 aromatic rings. The van der Waals surface area contributed by atoms with Gasteiger partial charge in [0.2, 0.25) is 0 Å². The first-order chi connectivity index (χ1) is 11.0. The predicted octanol–water partition coefficient (Wildman–Crippen LogP) is 3.24. The summed E-state index contributed by atoms with van der Waals surface area (Å²) < 4.78 is 1.51. The lowest BCUT2D eigenvalue weighted by Crippen LogP contribution is -2.17. The molecule has 1 heterocycles. The van der Waals surface area contributed by atoms with Crippen LogP contribution in [0.25, 0.3) is 5.69 Å². The van der Waals surface area contributed by atoms with Crippen molar-refractivity contribution < 1.29 is 5.11 Å². The van der Waals surface area contributed by atoms with Crippen molar-refractivity contribution in [3.8, 4) is 11.4 Å². The Labute approximate surface area is 133 Å².